The number of hydrogen-bond donors (Lipinski definition) is 2. The highest BCUT2D eigenvalue weighted by molar-refractivity contribution is 5.85. The van der Waals surface area contributed by atoms with Gasteiger partial charge in [0.25, 0.3) is 0 Å². The molecule has 142 valence electrons. The first-order chi connectivity index (χ1) is 12.7. The molecule has 0 spiro atoms. The van der Waals surface area contributed by atoms with Gasteiger partial charge in [-0.3, -0.25) is 4.84 Å². The van der Waals surface area contributed by atoms with Crippen molar-refractivity contribution in [1.82, 2.24) is 10.5 Å². The predicted molar refractivity (Wildman–Crippen MR) is 80.0 cm³/mol. The molecular weight excluding hydrogens is 376 g/mol. The molecule has 1 aliphatic heterocycles. The lowest BCUT2D eigenvalue weighted by Crippen LogP contribution is -2.18. The van der Waals surface area contributed by atoms with Crippen molar-refractivity contribution in [1.29, 1.82) is 0 Å². The Morgan fingerprint density at radius 1 is 1.26 bits per heavy atom. The van der Waals surface area contributed by atoms with Crippen LogP contribution in [0.15, 0.2) is 48.5 Å². The van der Waals surface area contributed by atoms with E-state index in [0.717, 1.165) is 12.1 Å². The summed E-state index contributed by atoms with van der Waals surface area (Å²) in [6.07, 6.45) is -3.24. The van der Waals surface area contributed by atoms with Crippen LogP contribution in [-0.4, -0.2) is 22.4 Å². The second-order valence-electron chi connectivity index (χ2n) is 5.20. The molecule has 7 nitrogen and oxygen atoms in total. The first kappa shape index (κ1) is 18.5. The number of hydroxylamine groups is 1. The Kier molecular flexibility index (Phi) is 4.86. The number of hydrogen-bond acceptors (Lipinski definition) is 6. The first-order valence-electron chi connectivity index (χ1n) is 7.27. The Morgan fingerprint density at radius 3 is 2.63 bits per heavy atom. The van der Waals surface area contributed by atoms with Crippen LogP contribution in [0.1, 0.15) is 22.2 Å². The molecule has 0 saturated heterocycles. The van der Waals surface area contributed by atoms with Gasteiger partial charge >= 0.3 is 12.3 Å². The van der Waals surface area contributed by atoms with E-state index in [1.807, 2.05) is 0 Å². The van der Waals surface area contributed by atoms with Crippen molar-refractivity contribution < 1.29 is 41.8 Å². The number of nitrogens with one attached hydrogen (secondary N) is 1. The standard InChI is InChI=1S/C16H10F4N2O5/c17-10-5-8(1-4-12(10)26-16(18,19)20)13-6-14(22-27-13)25-9-2-3-11(15(23)24)21-7-9/h1-7,13,22H,(H,23,24). The molecule has 0 saturated carbocycles. The molecule has 11 heteroatoms. The van der Waals surface area contributed by atoms with Crippen molar-refractivity contribution in [3.8, 4) is 11.5 Å². The SMILES string of the molecule is O=C(O)c1ccc(OC2=CC(c3ccc(OC(F)(F)F)c(F)c3)ON2)cn1. The summed E-state index contributed by atoms with van der Waals surface area (Å²) >= 11 is 0. The van der Waals surface area contributed by atoms with Crippen molar-refractivity contribution in [3.05, 3.63) is 65.6 Å². The normalized spacial score (nSPS) is 16.4. The van der Waals surface area contributed by atoms with Gasteiger partial charge in [-0.15, -0.1) is 13.2 Å². The fourth-order valence-corrected chi connectivity index (χ4v) is 2.14. The number of aromatic nitrogens is 1. The smallest absolute Gasteiger partial charge is 0.477 e. The molecule has 2 heterocycles. The van der Waals surface area contributed by atoms with Crippen molar-refractivity contribution in [2.24, 2.45) is 0 Å². The molecule has 27 heavy (non-hydrogen) atoms. The monoisotopic (exact) mass is 386 g/mol. The number of rotatable bonds is 5. The molecular formula is C16H10F4N2O5. The molecule has 3 rings (SSSR count). The van der Waals surface area contributed by atoms with E-state index in [-0.39, 0.29) is 22.9 Å². The third-order valence-electron chi connectivity index (χ3n) is 3.28. The number of carboxylic acid groups (broad SMARTS) is 1. The minimum absolute atomic E-state index is 0.112. The second kappa shape index (κ2) is 7.11. The number of alkyl halides is 3. The van der Waals surface area contributed by atoms with E-state index < -0.39 is 30.0 Å². The van der Waals surface area contributed by atoms with Gasteiger partial charge in [-0.1, -0.05) is 6.07 Å². The summed E-state index contributed by atoms with van der Waals surface area (Å²) in [6, 6.07) is 5.49. The number of carboxylic acids is 1. The summed E-state index contributed by atoms with van der Waals surface area (Å²) in [5.74, 6) is -3.03. The summed E-state index contributed by atoms with van der Waals surface area (Å²) in [5.41, 5.74) is 2.47. The van der Waals surface area contributed by atoms with Crippen LogP contribution >= 0.6 is 0 Å². The van der Waals surface area contributed by atoms with Crippen LogP contribution in [0.4, 0.5) is 17.6 Å². The zero-order valence-corrected chi connectivity index (χ0v) is 13.2. The number of benzene rings is 1. The summed E-state index contributed by atoms with van der Waals surface area (Å²) in [6.45, 7) is 0. The van der Waals surface area contributed by atoms with Crippen LogP contribution in [0.25, 0.3) is 0 Å². The van der Waals surface area contributed by atoms with Gasteiger partial charge in [-0.05, 0) is 29.8 Å². The maximum absolute atomic E-state index is 13.8. The van der Waals surface area contributed by atoms with Gasteiger partial charge in [0.05, 0.1) is 6.20 Å². The number of halogens is 4. The van der Waals surface area contributed by atoms with Crippen LogP contribution < -0.4 is 15.0 Å². The Morgan fingerprint density at radius 2 is 2.04 bits per heavy atom. The molecule has 2 N–H and O–H groups in total. The highest BCUT2D eigenvalue weighted by Crippen LogP contribution is 2.31. The summed E-state index contributed by atoms with van der Waals surface area (Å²) in [7, 11) is 0. The molecule has 0 amide bonds. The topological polar surface area (TPSA) is 89.9 Å². The van der Waals surface area contributed by atoms with Gasteiger partial charge in [-0.25, -0.2) is 19.6 Å². The van der Waals surface area contributed by atoms with Crippen LogP contribution in [0, 0.1) is 5.82 Å². The number of ether oxygens (including phenoxy) is 2. The molecule has 1 aliphatic rings. The van der Waals surface area contributed by atoms with Gasteiger partial charge in [0, 0.05) is 6.08 Å². The molecule has 0 aliphatic carbocycles. The number of carbonyl (C=O) groups is 1. The van der Waals surface area contributed by atoms with Gasteiger partial charge in [-0.2, -0.15) is 0 Å². The molecule has 0 bridgehead atoms. The lowest BCUT2D eigenvalue weighted by atomic mass is 10.1. The van der Waals surface area contributed by atoms with Crippen LogP contribution in [0.3, 0.4) is 0 Å². The summed E-state index contributed by atoms with van der Waals surface area (Å²) in [4.78, 5) is 19.6. The van der Waals surface area contributed by atoms with Crippen molar-refractivity contribution in [2.45, 2.75) is 12.5 Å². The lowest BCUT2D eigenvalue weighted by Gasteiger charge is -2.12. The maximum Gasteiger partial charge on any atom is 0.573 e. The van der Waals surface area contributed by atoms with Crippen LogP contribution in [0.2, 0.25) is 0 Å². The van der Waals surface area contributed by atoms with E-state index in [2.05, 4.69) is 15.2 Å². The van der Waals surface area contributed by atoms with Crippen LogP contribution in [0.5, 0.6) is 11.5 Å². The van der Waals surface area contributed by atoms with Crippen LogP contribution in [-0.2, 0) is 4.84 Å². The zero-order chi connectivity index (χ0) is 19.6. The number of pyridine rings is 1. The quantitative estimate of drug-likeness (QED) is 0.762. The predicted octanol–water partition coefficient (Wildman–Crippen LogP) is 3.31. The fourth-order valence-electron chi connectivity index (χ4n) is 2.14. The minimum atomic E-state index is -5.00. The third kappa shape index (κ3) is 4.64. The molecule has 0 radical (unpaired) electrons. The molecule has 1 atom stereocenters. The van der Waals surface area contributed by atoms with Crippen molar-refractivity contribution >= 4 is 5.97 Å². The lowest BCUT2D eigenvalue weighted by molar-refractivity contribution is -0.275. The minimum Gasteiger partial charge on any atom is -0.477 e. The Bertz CT molecular complexity index is 883. The number of aromatic carboxylic acids is 1. The number of nitrogens with zero attached hydrogens (tertiary/aromatic N) is 1. The van der Waals surface area contributed by atoms with E-state index in [1.54, 1.807) is 0 Å². The Balaban J connectivity index is 1.69. The van der Waals surface area contributed by atoms with Gasteiger partial charge in [0.15, 0.2) is 11.6 Å². The summed E-state index contributed by atoms with van der Waals surface area (Å²) in [5, 5.41) is 8.78. The largest absolute Gasteiger partial charge is 0.573 e. The summed E-state index contributed by atoms with van der Waals surface area (Å²) < 4.78 is 59.2. The molecule has 1 unspecified atom stereocenters. The Hall–Kier alpha value is -3.34. The molecule has 0 fully saturated rings. The van der Waals surface area contributed by atoms with E-state index in [0.29, 0.717) is 0 Å². The zero-order valence-electron chi connectivity index (χ0n) is 13.2. The van der Waals surface area contributed by atoms with E-state index in [4.69, 9.17) is 14.7 Å². The van der Waals surface area contributed by atoms with E-state index in [1.165, 1.54) is 30.5 Å². The molecule has 2 aromatic rings. The van der Waals surface area contributed by atoms with Gasteiger partial charge in [0.2, 0.25) is 5.88 Å². The molecule has 1 aromatic carbocycles. The van der Waals surface area contributed by atoms with E-state index in [9.17, 15) is 22.4 Å². The van der Waals surface area contributed by atoms with Gasteiger partial charge < -0.3 is 14.6 Å². The molecule has 1 aromatic heterocycles. The maximum atomic E-state index is 13.8. The highest BCUT2D eigenvalue weighted by atomic mass is 19.4. The Labute approximate surface area is 148 Å². The van der Waals surface area contributed by atoms with E-state index >= 15 is 0 Å². The average Bonchev–Trinajstić information content (AvgIpc) is 3.04. The van der Waals surface area contributed by atoms with Crippen molar-refractivity contribution in [2.75, 3.05) is 0 Å². The van der Waals surface area contributed by atoms with Crippen molar-refractivity contribution in [3.63, 3.8) is 0 Å². The highest BCUT2D eigenvalue weighted by Gasteiger charge is 2.32. The first-order valence-corrected chi connectivity index (χ1v) is 7.27. The fraction of sp³-hybridized carbons (Fsp3) is 0.125. The van der Waals surface area contributed by atoms with Gasteiger partial charge in [0.1, 0.15) is 17.5 Å². The average molecular weight is 386 g/mol. The second-order valence-corrected chi connectivity index (χ2v) is 5.20. The third-order valence-corrected chi connectivity index (χ3v) is 3.28.